The normalized spacial score (nSPS) is 12.0. The third-order valence-electron chi connectivity index (χ3n) is 2.25. The van der Waals surface area contributed by atoms with Gasteiger partial charge in [0.2, 0.25) is 0 Å². The van der Waals surface area contributed by atoms with Crippen LogP contribution in [0.4, 0.5) is 19.0 Å². The van der Waals surface area contributed by atoms with Gasteiger partial charge >= 0.3 is 6.18 Å². The maximum Gasteiger partial charge on any atom is 0.405 e. The fourth-order valence-electron chi connectivity index (χ4n) is 1.58. The lowest BCUT2D eigenvalue weighted by molar-refractivity contribution is -0.119. The molecule has 2 aromatic rings. The van der Waals surface area contributed by atoms with Crippen LogP contribution in [0.3, 0.4) is 0 Å². The molecule has 0 aliphatic rings. The van der Waals surface area contributed by atoms with E-state index in [2.05, 4.69) is 9.97 Å². The molecule has 0 unspecified atom stereocenters. The van der Waals surface area contributed by atoms with E-state index in [4.69, 9.17) is 11.6 Å². The minimum absolute atomic E-state index is 0.0884. The number of anilines is 1. The fourth-order valence-corrected chi connectivity index (χ4v) is 2.65. The third-order valence-corrected chi connectivity index (χ3v) is 3.32. The van der Waals surface area contributed by atoms with Crippen molar-refractivity contribution in [2.75, 3.05) is 23.9 Å². The molecule has 0 saturated carbocycles. The van der Waals surface area contributed by atoms with Crippen LogP contribution in [0.2, 0.25) is 0 Å². The average molecular weight is 296 g/mol. The first-order valence-electron chi connectivity index (χ1n) is 5.07. The van der Waals surface area contributed by atoms with Gasteiger partial charge in [0, 0.05) is 12.4 Å². The van der Waals surface area contributed by atoms with Gasteiger partial charge in [-0.05, 0) is 11.4 Å². The van der Waals surface area contributed by atoms with E-state index in [1.807, 2.05) is 0 Å². The van der Waals surface area contributed by atoms with Gasteiger partial charge in [0.15, 0.2) is 0 Å². The quantitative estimate of drug-likeness (QED) is 0.811. The van der Waals surface area contributed by atoms with E-state index in [9.17, 15) is 13.2 Å². The van der Waals surface area contributed by atoms with Crippen molar-refractivity contribution in [3.8, 4) is 0 Å². The van der Waals surface area contributed by atoms with Crippen LogP contribution in [0.25, 0.3) is 10.2 Å². The van der Waals surface area contributed by atoms with Crippen LogP contribution in [0.1, 0.15) is 0 Å². The molecule has 0 spiro atoms. The van der Waals surface area contributed by atoms with Crippen molar-refractivity contribution < 1.29 is 13.2 Å². The topological polar surface area (TPSA) is 29.0 Å². The van der Waals surface area contributed by atoms with Crippen molar-refractivity contribution in [2.45, 2.75) is 6.18 Å². The van der Waals surface area contributed by atoms with E-state index in [0.717, 1.165) is 4.90 Å². The van der Waals surface area contributed by atoms with Crippen molar-refractivity contribution in [1.82, 2.24) is 9.97 Å². The Morgan fingerprint density at radius 3 is 2.78 bits per heavy atom. The molecule has 2 rings (SSSR count). The minimum atomic E-state index is -4.29. The van der Waals surface area contributed by atoms with E-state index in [-0.39, 0.29) is 18.2 Å². The fraction of sp³-hybridized carbons (Fsp3) is 0.400. The largest absolute Gasteiger partial charge is 0.405 e. The molecule has 18 heavy (non-hydrogen) atoms. The first kappa shape index (κ1) is 13.4. The standard InChI is InChI=1S/C10H9ClF3N3S/c11-2-3-17(5-10(12,13)14)9-8-7(1-4-18-8)15-6-16-9/h1,4,6H,2-3,5H2. The Kier molecular flexibility index (Phi) is 3.91. The number of aromatic nitrogens is 2. The third kappa shape index (κ3) is 3.02. The molecule has 0 aliphatic carbocycles. The molecule has 3 nitrogen and oxygen atoms in total. The summed E-state index contributed by atoms with van der Waals surface area (Å²) in [5.41, 5.74) is 0.645. The van der Waals surface area contributed by atoms with Crippen LogP contribution >= 0.6 is 22.9 Å². The van der Waals surface area contributed by atoms with Crippen molar-refractivity contribution in [2.24, 2.45) is 0 Å². The summed E-state index contributed by atoms with van der Waals surface area (Å²) in [5, 5.41) is 1.77. The number of nitrogens with zero attached hydrogens (tertiary/aromatic N) is 3. The molecule has 0 amide bonds. The lowest BCUT2D eigenvalue weighted by Gasteiger charge is -2.24. The number of hydrogen-bond donors (Lipinski definition) is 0. The zero-order valence-electron chi connectivity index (χ0n) is 9.12. The molecular formula is C10H9ClF3N3S. The predicted molar refractivity (Wildman–Crippen MR) is 66.4 cm³/mol. The molecule has 8 heteroatoms. The van der Waals surface area contributed by atoms with Gasteiger partial charge in [-0.15, -0.1) is 22.9 Å². The summed E-state index contributed by atoms with van der Waals surface area (Å²) in [5.74, 6) is 0.389. The molecule has 0 saturated heterocycles. The molecule has 0 radical (unpaired) electrons. The lowest BCUT2D eigenvalue weighted by atomic mass is 10.4. The summed E-state index contributed by atoms with van der Waals surface area (Å²) in [6.45, 7) is -0.977. The molecule has 0 fully saturated rings. The second-order valence-corrected chi connectivity index (χ2v) is 4.85. The molecule has 0 bridgehead atoms. The Labute approximate surface area is 110 Å². The Morgan fingerprint density at radius 2 is 2.11 bits per heavy atom. The molecule has 0 aliphatic heterocycles. The second kappa shape index (κ2) is 5.27. The van der Waals surface area contributed by atoms with Gasteiger partial charge in [0.25, 0.3) is 0 Å². The summed E-state index contributed by atoms with van der Waals surface area (Å²) >= 11 is 6.87. The summed E-state index contributed by atoms with van der Waals surface area (Å²) < 4.78 is 38.2. The van der Waals surface area contributed by atoms with E-state index < -0.39 is 12.7 Å². The van der Waals surface area contributed by atoms with Gasteiger partial charge in [-0.25, -0.2) is 9.97 Å². The van der Waals surface area contributed by atoms with Crippen molar-refractivity contribution in [3.05, 3.63) is 17.8 Å². The summed E-state index contributed by atoms with van der Waals surface area (Å²) in [4.78, 5) is 9.08. The highest BCUT2D eigenvalue weighted by Gasteiger charge is 2.32. The maximum absolute atomic E-state index is 12.5. The van der Waals surface area contributed by atoms with Gasteiger partial charge in [0.1, 0.15) is 18.7 Å². The van der Waals surface area contributed by atoms with Gasteiger partial charge in [0.05, 0.1) is 10.2 Å². The van der Waals surface area contributed by atoms with Gasteiger partial charge < -0.3 is 4.90 Å². The Hall–Kier alpha value is -1.08. The zero-order chi connectivity index (χ0) is 13.2. The molecule has 98 valence electrons. The number of fused-ring (bicyclic) bond motifs is 1. The van der Waals surface area contributed by atoms with Crippen molar-refractivity contribution in [3.63, 3.8) is 0 Å². The van der Waals surface area contributed by atoms with Crippen molar-refractivity contribution >= 4 is 39.0 Å². The Morgan fingerprint density at radius 1 is 1.33 bits per heavy atom. The second-order valence-electron chi connectivity index (χ2n) is 3.56. The van der Waals surface area contributed by atoms with E-state index in [1.54, 1.807) is 11.4 Å². The molecular weight excluding hydrogens is 287 g/mol. The Balaban J connectivity index is 2.38. The first-order valence-corrected chi connectivity index (χ1v) is 6.48. The van der Waals surface area contributed by atoms with Crippen LogP contribution in [-0.2, 0) is 0 Å². The molecule has 0 N–H and O–H groups in total. The molecule has 2 aromatic heterocycles. The average Bonchev–Trinajstić information content (AvgIpc) is 2.74. The number of hydrogen-bond acceptors (Lipinski definition) is 4. The predicted octanol–water partition coefficient (Wildman–Crippen LogP) is 3.30. The summed E-state index contributed by atoms with van der Waals surface area (Å²) in [6.07, 6.45) is -3.03. The number of rotatable bonds is 4. The summed E-state index contributed by atoms with van der Waals surface area (Å²) in [7, 11) is 0. The van der Waals surface area contributed by atoms with Gasteiger partial charge in [-0.1, -0.05) is 0 Å². The highest BCUT2D eigenvalue weighted by molar-refractivity contribution is 7.17. The van der Waals surface area contributed by atoms with E-state index in [0.29, 0.717) is 10.2 Å². The SMILES string of the molecule is FC(F)(F)CN(CCCl)c1ncnc2ccsc12. The number of alkyl halides is 4. The summed E-state index contributed by atoms with van der Waals surface area (Å²) in [6, 6.07) is 1.75. The maximum atomic E-state index is 12.5. The highest BCUT2D eigenvalue weighted by atomic mass is 35.5. The van der Waals surface area contributed by atoms with Crippen LogP contribution in [0.5, 0.6) is 0 Å². The zero-order valence-corrected chi connectivity index (χ0v) is 10.7. The lowest BCUT2D eigenvalue weighted by Crippen LogP contribution is -2.36. The molecule has 0 atom stereocenters. The van der Waals surface area contributed by atoms with E-state index in [1.165, 1.54) is 17.7 Å². The molecule has 0 aromatic carbocycles. The van der Waals surface area contributed by atoms with E-state index >= 15 is 0 Å². The van der Waals surface area contributed by atoms with Gasteiger partial charge in [-0.2, -0.15) is 13.2 Å². The Bertz CT molecular complexity index is 528. The van der Waals surface area contributed by atoms with Crippen LogP contribution in [0, 0.1) is 0 Å². The van der Waals surface area contributed by atoms with Crippen LogP contribution in [-0.4, -0.2) is 35.1 Å². The minimum Gasteiger partial charge on any atom is -0.345 e. The number of thiophene rings is 1. The van der Waals surface area contributed by atoms with Crippen LogP contribution in [0.15, 0.2) is 17.8 Å². The van der Waals surface area contributed by atoms with Crippen LogP contribution < -0.4 is 4.90 Å². The first-order chi connectivity index (χ1) is 8.51. The van der Waals surface area contributed by atoms with Crippen molar-refractivity contribution in [1.29, 1.82) is 0 Å². The molecule has 2 heterocycles. The number of halogens is 4. The monoisotopic (exact) mass is 295 g/mol. The highest BCUT2D eigenvalue weighted by Crippen LogP contribution is 2.29. The van der Waals surface area contributed by atoms with Gasteiger partial charge in [-0.3, -0.25) is 0 Å². The smallest absolute Gasteiger partial charge is 0.345 e.